The van der Waals surface area contributed by atoms with Gasteiger partial charge in [-0.25, -0.2) is 0 Å². The van der Waals surface area contributed by atoms with Crippen molar-refractivity contribution in [3.63, 3.8) is 0 Å². The van der Waals surface area contributed by atoms with Gasteiger partial charge in [0.2, 0.25) is 0 Å². The number of pyridine rings is 1. The third-order valence-corrected chi connectivity index (χ3v) is 3.00. The number of hydrogen-bond donors (Lipinski definition) is 0. The minimum absolute atomic E-state index is 0.693. The van der Waals surface area contributed by atoms with Crippen molar-refractivity contribution in [2.24, 2.45) is 0 Å². The molecule has 0 amide bonds. The molecule has 1 aliphatic rings. The fourth-order valence-corrected chi connectivity index (χ4v) is 2.03. The number of anilines is 1. The van der Waals surface area contributed by atoms with Gasteiger partial charge in [-0.2, -0.15) is 0 Å². The lowest BCUT2D eigenvalue weighted by Crippen LogP contribution is -2.41. The maximum Gasteiger partial charge on any atom is 0.0399 e. The first kappa shape index (κ1) is 9.78. The van der Waals surface area contributed by atoms with Crippen molar-refractivity contribution >= 4 is 17.3 Å². The maximum atomic E-state index is 5.81. The van der Waals surface area contributed by atoms with E-state index < -0.39 is 0 Å². The SMILES string of the molecule is ClCCN(c1ccncc1)C1CCC1. The van der Waals surface area contributed by atoms with Crippen molar-refractivity contribution < 1.29 is 0 Å². The topological polar surface area (TPSA) is 16.1 Å². The van der Waals surface area contributed by atoms with Gasteiger partial charge in [0.1, 0.15) is 0 Å². The van der Waals surface area contributed by atoms with Crippen LogP contribution >= 0.6 is 11.6 Å². The minimum Gasteiger partial charge on any atom is -0.367 e. The Morgan fingerprint density at radius 1 is 1.36 bits per heavy atom. The Morgan fingerprint density at radius 3 is 2.57 bits per heavy atom. The van der Waals surface area contributed by atoms with Gasteiger partial charge in [-0.15, -0.1) is 11.6 Å². The summed E-state index contributed by atoms with van der Waals surface area (Å²) in [6, 6.07) is 4.83. The van der Waals surface area contributed by atoms with Crippen LogP contribution in [0.5, 0.6) is 0 Å². The van der Waals surface area contributed by atoms with E-state index >= 15 is 0 Å². The van der Waals surface area contributed by atoms with Crippen molar-refractivity contribution in [1.82, 2.24) is 4.98 Å². The second kappa shape index (κ2) is 4.65. The number of alkyl halides is 1. The summed E-state index contributed by atoms with van der Waals surface area (Å²) in [6.07, 6.45) is 7.65. The second-order valence-electron chi connectivity index (χ2n) is 3.67. The minimum atomic E-state index is 0.693. The second-order valence-corrected chi connectivity index (χ2v) is 4.05. The molecule has 76 valence electrons. The van der Waals surface area contributed by atoms with E-state index in [1.807, 2.05) is 12.4 Å². The molecule has 0 spiro atoms. The van der Waals surface area contributed by atoms with Crippen LogP contribution in [0.25, 0.3) is 0 Å². The average Bonchev–Trinajstić information content (AvgIpc) is 2.16. The first-order valence-electron chi connectivity index (χ1n) is 5.14. The predicted octanol–water partition coefficient (Wildman–Crippen LogP) is 2.68. The molecule has 0 aromatic carbocycles. The zero-order valence-electron chi connectivity index (χ0n) is 8.19. The van der Waals surface area contributed by atoms with Crippen molar-refractivity contribution in [3.05, 3.63) is 24.5 Å². The van der Waals surface area contributed by atoms with Gasteiger partial charge >= 0.3 is 0 Å². The van der Waals surface area contributed by atoms with E-state index in [2.05, 4.69) is 22.0 Å². The molecule has 0 aliphatic heterocycles. The fraction of sp³-hybridized carbons (Fsp3) is 0.545. The highest BCUT2D eigenvalue weighted by molar-refractivity contribution is 6.18. The number of nitrogens with zero attached hydrogens (tertiary/aromatic N) is 2. The molecule has 1 fully saturated rings. The van der Waals surface area contributed by atoms with E-state index in [1.54, 1.807) is 0 Å². The quantitative estimate of drug-likeness (QED) is 0.711. The first-order chi connectivity index (χ1) is 6.92. The molecule has 1 aromatic rings. The van der Waals surface area contributed by atoms with Crippen LogP contribution in [-0.2, 0) is 0 Å². The third-order valence-electron chi connectivity index (χ3n) is 2.84. The van der Waals surface area contributed by atoms with E-state index in [1.165, 1.54) is 24.9 Å². The Labute approximate surface area is 89.9 Å². The Kier molecular flexibility index (Phi) is 3.25. The molecular formula is C11H15ClN2. The highest BCUT2D eigenvalue weighted by Crippen LogP contribution is 2.28. The lowest BCUT2D eigenvalue weighted by Gasteiger charge is -2.38. The van der Waals surface area contributed by atoms with Crippen LogP contribution in [0.4, 0.5) is 5.69 Å². The molecule has 2 rings (SSSR count). The van der Waals surface area contributed by atoms with Crippen molar-refractivity contribution in [2.75, 3.05) is 17.3 Å². The van der Waals surface area contributed by atoms with Crippen molar-refractivity contribution in [2.45, 2.75) is 25.3 Å². The van der Waals surface area contributed by atoms with Gasteiger partial charge in [0.25, 0.3) is 0 Å². The Hall–Kier alpha value is -0.760. The molecule has 0 saturated heterocycles. The summed E-state index contributed by atoms with van der Waals surface area (Å²) in [5, 5.41) is 0. The van der Waals surface area contributed by atoms with Crippen LogP contribution in [0.3, 0.4) is 0 Å². The molecule has 2 nitrogen and oxygen atoms in total. The molecule has 1 aliphatic carbocycles. The molecule has 0 atom stereocenters. The molecule has 1 heterocycles. The van der Waals surface area contributed by atoms with Crippen LogP contribution in [0.2, 0.25) is 0 Å². The molecule has 1 saturated carbocycles. The van der Waals surface area contributed by atoms with E-state index in [9.17, 15) is 0 Å². The molecule has 14 heavy (non-hydrogen) atoms. The zero-order valence-corrected chi connectivity index (χ0v) is 8.95. The van der Waals surface area contributed by atoms with Gasteiger partial charge in [-0.3, -0.25) is 4.98 Å². The molecular weight excluding hydrogens is 196 g/mol. The van der Waals surface area contributed by atoms with Crippen molar-refractivity contribution in [1.29, 1.82) is 0 Å². The lowest BCUT2D eigenvalue weighted by molar-refractivity contribution is 0.390. The van der Waals surface area contributed by atoms with Gasteiger partial charge in [0.05, 0.1) is 0 Å². The monoisotopic (exact) mass is 210 g/mol. The van der Waals surface area contributed by atoms with E-state index in [-0.39, 0.29) is 0 Å². The third kappa shape index (κ3) is 2.01. The molecule has 0 N–H and O–H groups in total. The summed E-state index contributed by atoms with van der Waals surface area (Å²) in [7, 11) is 0. The van der Waals surface area contributed by atoms with Crippen LogP contribution in [0.1, 0.15) is 19.3 Å². The van der Waals surface area contributed by atoms with Crippen LogP contribution < -0.4 is 4.90 Å². The number of aromatic nitrogens is 1. The normalized spacial score (nSPS) is 16.4. The molecule has 1 aromatic heterocycles. The largest absolute Gasteiger partial charge is 0.367 e. The van der Waals surface area contributed by atoms with Gasteiger partial charge in [-0.1, -0.05) is 0 Å². The van der Waals surface area contributed by atoms with E-state index in [0.717, 1.165) is 6.54 Å². The highest BCUT2D eigenvalue weighted by Gasteiger charge is 2.24. The highest BCUT2D eigenvalue weighted by atomic mass is 35.5. The number of rotatable bonds is 4. The Bertz CT molecular complexity index is 272. The average molecular weight is 211 g/mol. The fourth-order valence-electron chi connectivity index (χ4n) is 1.85. The Balaban J connectivity index is 2.09. The Morgan fingerprint density at radius 2 is 2.07 bits per heavy atom. The van der Waals surface area contributed by atoms with Gasteiger partial charge < -0.3 is 4.90 Å². The lowest BCUT2D eigenvalue weighted by atomic mass is 9.91. The smallest absolute Gasteiger partial charge is 0.0399 e. The van der Waals surface area contributed by atoms with Crippen molar-refractivity contribution in [3.8, 4) is 0 Å². The zero-order chi connectivity index (χ0) is 9.80. The van der Waals surface area contributed by atoms with Gasteiger partial charge in [-0.05, 0) is 31.4 Å². The van der Waals surface area contributed by atoms with Crippen LogP contribution in [-0.4, -0.2) is 23.5 Å². The first-order valence-corrected chi connectivity index (χ1v) is 5.68. The molecule has 0 bridgehead atoms. The van der Waals surface area contributed by atoms with Gasteiger partial charge in [0, 0.05) is 36.5 Å². The summed E-state index contributed by atoms with van der Waals surface area (Å²) >= 11 is 5.81. The summed E-state index contributed by atoms with van der Waals surface area (Å²) in [6.45, 7) is 0.941. The van der Waals surface area contributed by atoms with E-state index in [4.69, 9.17) is 11.6 Å². The van der Waals surface area contributed by atoms with E-state index in [0.29, 0.717) is 11.9 Å². The van der Waals surface area contributed by atoms with Crippen LogP contribution in [0.15, 0.2) is 24.5 Å². The molecule has 0 radical (unpaired) electrons. The number of halogens is 1. The summed E-state index contributed by atoms with van der Waals surface area (Å²) in [5.41, 5.74) is 1.25. The summed E-state index contributed by atoms with van der Waals surface area (Å²) in [4.78, 5) is 6.43. The molecule has 3 heteroatoms. The van der Waals surface area contributed by atoms with Gasteiger partial charge in [0.15, 0.2) is 0 Å². The maximum absolute atomic E-state index is 5.81. The summed E-state index contributed by atoms with van der Waals surface area (Å²) in [5.74, 6) is 0.693. The molecule has 0 unspecified atom stereocenters. The number of hydrogen-bond acceptors (Lipinski definition) is 2. The summed E-state index contributed by atoms with van der Waals surface area (Å²) < 4.78 is 0. The van der Waals surface area contributed by atoms with Crippen LogP contribution in [0, 0.1) is 0 Å². The predicted molar refractivity (Wildman–Crippen MR) is 59.9 cm³/mol. The standard InChI is InChI=1S/C11H15ClN2/c12-6-9-14(10-2-1-3-10)11-4-7-13-8-5-11/h4-5,7-8,10H,1-3,6,9H2.